The molecule has 0 aromatic heterocycles. The normalized spacial score (nSPS) is 21.3. The van der Waals surface area contributed by atoms with Crippen molar-refractivity contribution in [1.82, 2.24) is 4.90 Å². The lowest BCUT2D eigenvalue weighted by atomic mass is 10.1. The summed E-state index contributed by atoms with van der Waals surface area (Å²) in [7, 11) is 0. The van der Waals surface area contributed by atoms with Crippen LogP contribution in [-0.4, -0.2) is 30.3 Å². The fourth-order valence-electron chi connectivity index (χ4n) is 1.36. The van der Waals surface area contributed by atoms with Crippen molar-refractivity contribution in [2.45, 2.75) is 19.3 Å². The first-order chi connectivity index (χ1) is 4.93. The smallest absolute Gasteiger partial charge is 0.0204 e. The molecule has 0 saturated carbocycles. The average molecular weight is 160 g/mol. The summed E-state index contributed by atoms with van der Waals surface area (Å²) in [5.74, 6) is 1.08. The molecule has 1 heterocycles. The molecule has 60 valence electrons. The van der Waals surface area contributed by atoms with Crippen LogP contribution in [0.15, 0.2) is 0 Å². The number of nitrogens with two attached hydrogens (primary N) is 1. The molecule has 0 atom stereocenters. The summed E-state index contributed by atoms with van der Waals surface area (Å²) in [5, 5.41) is 5.34. The minimum absolute atomic E-state index is 1.08. The van der Waals surface area contributed by atoms with Gasteiger partial charge in [0.1, 0.15) is 0 Å². The van der Waals surface area contributed by atoms with Crippen molar-refractivity contribution in [3.63, 3.8) is 0 Å². The molecule has 1 fully saturated rings. The Labute approximate surface area is 67.3 Å². The van der Waals surface area contributed by atoms with Gasteiger partial charge in [-0.15, -0.1) is 0 Å². The summed E-state index contributed by atoms with van der Waals surface area (Å²) in [5.41, 5.74) is 0. The van der Waals surface area contributed by atoms with Gasteiger partial charge in [-0.1, -0.05) is 18.4 Å². The second-order valence-corrected chi connectivity index (χ2v) is 3.51. The van der Waals surface area contributed by atoms with Crippen LogP contribution in [0.2, 0.25) is 0 Å². The Morgan fingerprint density at radius 1 is 1.20 bits per heavy atom. The van der Waals surface area contributed by atoms with E-state index in [1.54, 1.807) is 0 Å². The summed E-state index contributed by atoms with van der Waals surface area (Å²) in [6.07, 6.45) is 4.19. The number of nitrogens with zero attached hydrogens (tertiary/aromatic N) is 1. The van der Waals surface area contributed by atoms with E-state index in [-0.39, 0.29) is 0 Å². The average Bonchev–Trinajstić information content (AvgIpc) is 2.03. The molecule has 0 unspecified atom stereocenters. The third-order valence-electron chi connectivity index (χ3n) is 1.97. The van der Waals surface area contributed by atoms with Crippen LogP contribution in [0.25, 0.3) is 0 Å². The van der Waals surface area contributed by atoms with Crippen molar-refractivity contribution in [2.24, 2.45) is 5.14 Å². The first-order valence-corrected chi connectivity index (χ1v) is 5.02. The lowest BCUT2D eigenvalue weighted by Crippen LogP contribution is -2.31. The lowest BCUT2D eigenvalue weighted by molar-refractivity contribution is 0.242. The zero-order chi connectivity index (χ0) is 7.23. The van der Waals surface area contributed by atoms with Crippen molar-refractivity contribution >= 4 is 11.9 Å². The summed E-state index contributed by atoms with van der Waals surface area (Å²) in [6, 6.07) is 0. The Bertz CT molecular complexity index is 81.7. The lowest BCUT2D eigenvalue weighted by Gasteiger charge is -2.25. The van der Waals surface area contributed by atoms with E-state index in [1.165, 1.54) is 50.8 Å². The van der Waals surface area contributed by atoms with Crippen LogP contribution >= 0.6 is 11.9 Å². The Balaban J connectivity index is 2.02. The van der Waals surface area contributed by atoms with E-state index in [0.29, 0.717) is 0 Å². The number of likely N-dealkylation sites (tertiary alicyclic amines) is 1. The SMILES string of the molecule is NSCCN1CCCCC1. The van der Waals surface area contributed by atoms with Crippen LogP contribution in [0.1, 0.15) is 19.3 Å². The van der Waals surface area contributed by atoms with Crippen LogP contribution in [0.4, 0.5) is 0 Å². The molecule has 2 nitrogen and oxygen atoms in total. The highest BCUT2D eigenvalue weighted by Crippen LogP contribution is 2.08. The predicted molar refractivity (Wildman–Crippen MR) is 46.9 cm³/mol. The molecule has 2 N–H and O–H groups in total. The van der Waals surface area contributed by atoms with E-state index >= 15 is 0 Å². The molecule has 1 aliphatic rings. The van der Waals surface area contributed by atoms with Gasteiger partial charge in [0.25, 0.3) is 0 Å². The van der Waals surface area contributed by atoms with Gasteiger partial charge in [-0.3, -0.25) is 5.14 Å². The maximum atomic E-state index is 5.34. The molecule has 1 aliphatic heterocycles. The highest BCUT2D eigenvalue weighted by atomic mass is 32.2. The van der Waals surface area contributed by atoms with Crippen molar-refractivity contribution < 1.29 is 0 Å². The fourth-order valence-corrected chi connectivity index (χ4v) is 1.73. The quantitative estimate of drug-likeness (QED) is 0.626. The molecule has 0 spiro atoms. The van der Waals surface area contributed by atoms with Crippen molar-refractivity contribution in [3.8, 4) is 0 Å². The third-order valence-corrected chi connectivity index (χ3v) is 2.39. The maximum Gasteiger partial charge on any atom is 0.0204 e. The van der Waals surface area contributed by atoms with E-state index in [0.717, 1.165) is 5.75 Å². The second kappa shape index (κ2) is 4.99. The second-order valence-electron chi connectivity index (χ2n) is 2.77. The van der Waals surface area contributed by atoms with Gasteiger partial charge >= 0.3 is 0 Å². The molecule has 1 saturated heterocycles. The molecule has 0 aromatic carbocycles. The molecule has 10 heavy (non-hydrogen) atoms. The molecule has 0 radical (unpaired) electrons. The predicted octanol–water partition coefficient (Wildman–Crippen LogP) is 1.08. The van der Waals surface area contributed by atoms with Gasteiger partial charge in [-0.2, -0.15) is 0 Å². The maximum absolute atomic E-state index is 5.34. The monoisotopic (exact) mass is 160 g/mol. The van der Waals surface area contributed by atoms with Gasteiger partial charge in [0.2, 0.25) is 0 Å². The highest BCUT2D eigenvalue weighted by Gasteiger charge is 2.07. The number of hydrogen-bond acceptors (Lipinski definition) is 3. The molecule has 0 bridgehead atoms. The Morgan fingerprint density at radius 3 is 2.50 bits per heavy atom. The van der Waals surface area contributed by atoms with Gasteiger partial charge in [-0.25, -0.2) is 0 Å². The zero-order valence-corrected chi connectivity index (χ0v) is 7.20. The summed E-state index contributed by atoms with van der Waals surface area (Å²) < 4.78 is 0. The van der Waals surface area contributed by atoms with Gasteiger partial charge in [0, 0.05) is 12.3 Å². The summed E-state index contributed by atoms with van der Waals surface area (Å²) in [4.78, 5) is 2.50. The number of hydrogen-bond donors (Lipinski definition) is 1. The number of piperidine rings is 1. The van der Waals surface area contributed by atoms with Crippen LogP contribution in [0.3, 0.4) is 0 Å². The van der Waals surface area contributed by atoms with Gasteiger partial charge < -0.3 is 4.90 Å². The van der Waals surface area contributed by atoms with Gasteiger partial charge in [0.05, 0.1) is 0 Å². The van der Waals surface area contributed by atoms with E-state index in [1.807, 2.05) is 0 Å². The molecule has 3 heteroatoms. The van der Waals surface area contributed by atoms with Crippen LogP contribution < -0.4 is 5.14 Å². The van der Waals surface area contributed by atoms with Gasteiger partial charge in [-0.05, 0) is 25.9 Å². The minimum atomic E-state index is 1.08. The summed E-state index contributed by atoms with van der Waals surface area (Å²) >= 11 is 1.45. The van der Waals surface area contributed by atoms with E-state index in [9.17, 15) is 0 Å². The summed E-state index contributed by atoms with van der Waals surface area (Å²) in [6.45, 7) is 3.77. The van der Waals surface area contributed by atoms with Crippen LogP contribution in [0.5, 0.6) is 0 Å². The number of rotatable bonds is 3. The van der Waals surface area contributed by atoms with Crippen molar-refractivity contribution in [3.05, 3.63) is 0 Å². The highest BCUT2D eigenvalue weighted by molar-refractivity contribution is 7.97. The first kappa shape index (κ1) is 8.37. The van der Waals surface area contributed by atoms with Gasteiger partial charge in [0.15, 0.2) is 0 Å². The van der Waals surface area contributed by atoms with E-state index in [2.05, 4.69) is 4.90 Å². The standard InChI is InChI=1S/C7H16N2S/c8-10-7-6-9-4-2-1-3-5-9/h1-8H2. The largest absolute Gasteiger partial charge is 0.302 e. The molecular weight excluding hydrogens is 144 g/mol. The zero-order valence-electron chi connectivity index (χ0n) is 6.38. The van der Waals surface area contributed by atoms with E-state index < -0.39 is 0 Å². The van der Waals surface area contributed by atoms with Crippen LogP contribution in [-0.2, 0) is 0 Å². The molecule has 1 rings (SSSR count). The third kappa shape index (κ3) is 2.90. The fraction of sp³-hybridized carbons (Fsp3) is 1.00. The minimum Gasteiger partial charge on any atom is -0.302 e. The molecule has 0 aromatic rings. The Kier molecular flexibility index (Phi) is 4.18. The van der Waals surface area contributed by atoms with E-state index in [4.69, 9.17) is 5.14 Å². The molecular formula is C7H16N2S. The Morgan fingerprint density at radius 2 is 1.90 bits per heavy atom. The molecule has 0 amide bonds. The van der Waals surface area contributed by atoms with Crippen molar-refractivity contribution in [1.29, 1.82) is 0 Å². The van der Waals surface area contributed by atoms with Crippen LogP contribution in [0, 0.1) is 0 Å². The Hall–Kier alpha value is 0.270. The molecule has 0 aliphatic carbocycles. The van der Waals surface area contributed by atoms with Crippen molar-refractivity contribution in [2.75, 3.05) is 25.4 Å². The topological polar surface area (TPSA) is 29.3 Å². The first-order valence-electron chi connectivity index (χ1n) is 3.97.